The number of hydrogen-bond donors (Lipinski definition) is 1. The molecule has 3 atom stereocenters. The second-order valence-corrected chi connectivity index (χ2v) is 13.1. The van der Waals surface area contributed by atoms with Gasteiger partial charge in [-0.2, -0.15) is 4.31 Å². The van der Waals surface area contributed by atoms with Crippen LogP contribution < -0.4 is 0 Å². The van der Waals surface area contributed by atoms with Gasteiger partial charge < -0.3 is 9.67 Å². The van der Waals surface area contributed by atoms with Crippen molar-refractivity contribution in [3.8, 4) is 11.1 Å². The van der Waals surface area contributed by atoms with E-state index in [0.29, 0.717) is 31.2 Å². The lowest BCUT2D eigenvalue weighted by Gasteiger charge is -2.56. The molecule has 7 nitrogen and oxygen atoms in total. The number of sulfonamides is 1. The van der Waals surface area contributed by atoms with Gasteiger partial charge >= 0.3 is 0 Å². The number of aliphatic hydroxyl groups excluding tert-OH is 1. The number of fused-ring (bicyclic) bond motifs is 2. The Labute approximate surface area is 231 Å². The Morgan fingerprint density at radius 2 is 1.79 bits per heavy atom. The van der Waals surface area contributed by atoms with Crippen molar-refractivity contribution in [2.75, 3.05) is 26.2 Å². The van der Waals surface area contributed by atoms with E-state index in [1.165, 1.54) is 22.3 Å². The Kier molecular flexibility index (Phi) is 7.22. The van der Waals surface area contributed by atoms with Crippen molar-refractivity contribution >= 4 is 10.0 Å². The van der Waals surface area contributed by atoms with Gasteiger partial charge in [0.15, 0.2) is 5.03 Å². The first kappa shape index (κ1) is 26.4. The number of aryl methyl sites for hydroxylation is 2. The Morgan fingerprint density at radius 1 is 1.00 bits per heavy atom. The van der Waals surface area contributed by atoms with Crippen LogP contribution in [-0.2, 0) is 23.0 Å². The van der Waals surface area contributed by atoms with Crippen LogP contribution in [0.15, 0.2) is 65.8 Å². The summed E-state index contributed by atoms with van der Waals surface area (Å²) in [7, 11) is -3.73. The van der Waals surface area contributed by atoms with Crippen LogP contribution in [0.4, 0.5) is 0 Å². The molecule has 3 aromatic rings. The van der Waals surface area contributed by atoms with Crippen LogP contribution >= 0.6 is 0 Å². The normalized spacial score (nSPS) is 25.1. The summed E-state index contributed by atoms with van der Waals surface area (Å²) in [5, 5.41) is 10.7. The number of hydrogen-bond acceptors (Lipinski definition) is 5. The van der Waals surface area contributed by atoms with Gasteiger partial charge in [0, 0.05) is 50.6 Å². The Hall–Kier alpha value is -2.78. The SMILES string of the molecule is Cc1cccc(-c2ccc([C@@H]3[C@@H](CO)N4C/C=C\CN(S(=O)(=O)c5cnc6n5CCCCC6)C[C@@H]34)cc2)c1C. The highest BCUT2D eigenvalue weighted by atomic mass is 32.2. The van der Waals surface area contributed by atoms with Gasteiger partial charge in [-0.25, -0.2) is 13.4 Å². The fourth-order valence-corrected chi connectivity index (χ4v) is 8.24. The lowest BCUT2D eigenvalue weighted by atomic mass is 9.74. The standard InChI is InChI=1S/C31H38N4O3S/c1-22-9-8-10-26(23(22)2)24-12-14-25(15-13-24)31-27-20-33(16-6-7-17-34(27)28(31)21-36)39(37,38)30-19-32-29-11-4-3-5-18-35(29)30/h6-10,12-15,19,27-28,31,36H,3-5,11,16-18,20-21H2,1-2H3/b7-6-/t27-,28+,31-/m0/s1. The van der Waals surface area contributed by atoms with E-state index in [4.69, 9.17) is 0 Å². The lowest BCUT2D eigenvalue weighted by Crippen LogP contribution is -2.67. The zero-order chi connectivity index (χ0) is 27.1. The minimum absolute atomic E-state index is 0.0139. The van der Waals surface area contributed by atoms with E-state index in [0.717, 1.165) is 37.1 Å². The summed E-state index contributed by atoms with van der Waals surface area (Å²) in [5.41, 5.74) is 6.08. The molecule has 0 spiro atoms. The topological polar surface area (TPSA) is 78.7 Å². The fraction of sp³-hybridized carbons (Fsp3) is 0.452. The molecule has 6 rings (SSSR count). The van der Waals surface area contributed by atoms with Crippen LogP contribution in [-0.4, -0.2) is 70.6 Å². The third-order valence-electron chi connectivity index (χ3n) is 9.05. The van der Waals surface area contributed by atoms with Crippen molar-refractivity contribution in [3.05, 3.63) is 83.3 Å². The van der Waals surface area contributed by atoms with Crippen LogP contribution in [0, 0.1) is 13.8 Å². The molecule has 206 valence electrons. The van der Waals surface area contributed by atoms with E-state index in [1.54, 1.807) is 10.5 Å². The van der Waals surface area contributed by atoms with Gasteiger partial charge in [-0.3, -0.25) is 4.90 Å². The molecule has 1 saturated heterocycles. The van der Waals surface area contributed by atoms with Gasteiger partial charge in [0.1, 0.15) is 5.82 Å². The molecule has 1 N–H and O–H groups in total. The first-order valence-corrected chi connectivity index (χ1v) is 15.6. The molecule has 0 unspecified atom stereocenters. The van der Waals surface area contributed by atoms with Gasteiger partial charge in [-0.05, 0) is 54.5 Å². The van der Waals surface area contributed by atoms with Gasteiger partial charge in [0.05, 0.1) is 12.8 Å². The highest BCUT2D eigenvalue weighted by Crippen LogP contribution is 2.42. The molecule has 2 aromatic carbocycles. The van der Waals surface area contributed by atoms with E-state index in [9.17, 15) is 13.5 Å². The molecule has 39 heavy (non-hydrogen) atoms. The highest BCUT2D eigenvalue weighted by Gasteiger charge is 2.50. The molecule has 1 aromatic heterocycles. The molecule has 0 amide bonds. The second-order valence-electron chi connectivity index (χ2n) is 11.2. The van der Waals surface area contributed by atoms with Crippen molar-refractivity contribution in [2.24, 2.45) is 0 Å². The van der Waals surface area contributed by atoms with Crippen LogP contribution in [0.1, 0.15) is 47.7 Å². The average molecular weight is 547 g/mol. The molecular weight excluding hydrogens is 508 g/mol. The number of benzene rings is 2. The monoisotopic (exact) mass is 546 g/mol. The largest absolute Gasteiger partial charge is 0.395 e. The Morgan fingerprint density at radius 3 is 2.59 bits per heavy atom. The number of nitrogens with zero attached hydrogens (tertiary/aromatic N) is 4. The fourth-order valence-electron chi connectivity index (χ4n) is 6.68. The maximum Gasteiger partial charge on any atom is 0.260 e. The number of imidazole rings is 1. The van der Waals surface area contributed by atoms with E-state index >= 15 is 0 Å². The highest BCUT2D eigenvalue weighted by molar-refractivity contribution is 7.89. The first-order chi connectivity index (χ1) is 18.9. The van der Waals surface area contributed by atoms with E-state index < -0.39 is 10.0 Å². The lowest BCUT2D eigenvalue weighted by molar-refractivity contribution is -0.0415. The van der Waals surface area contributed by atoms with Crippen molar-refractivity contribution in [3.63, 3.8) is 0 Å². The van der Waals surface area contributed by atoms with Crippen molar-refractivity contribution < 1.29 is 13.5 Å². The van der Waals surface area contributed by atoms with Crippen molar-refractivity contribution in [1.82, 2.24) is 18.8 Å². The van der Waals surface area contributed by atoms with Crippen molar-refractivity contribution in [2.45, 2.75) is 69.1 Å². The Balaban J connectivity index is 1.30. The number of rotatable bonds is 5. The molecule has 3 aliphatic rings. The summed E-state index contributed by atoms with van der Waals surface area (Å²) in [5.74, 6) is 0.926. The van der Waals surface area contributed by atoms with Gasteiger partial charge in [0.2, 0.25) is 0 Å². The number of aliphatic hydroxyl groups is 1. The first-order valence-electron chi connectivity index (χ1n) is 14.1. The smallest absolute Gasteiger partial charge is 0.260 e. The molecule has 3 aliphatic heterocycles. The summed E-state index contributed by atoms with van der Waals surface area (Å²) in [6.07, 6.45) is 9.47. The van der Waals surface area contributed by atoms with Crippen LogP contribution in [0.2, 0.25) is 0 Å². The zero-order valence-electron chi connectivity index (χ0n) is 22.8. The van der Waals surface area contributed by atoms with E-state index in [-0.39, 0.29) is 24.6 Å². The average Bonchev–Trinajstić information content (AvgIpc) is 3.19. The minimum atomic E-state index is -3.73. The molecule has 0 saturated carbocycles. The number of aromatic nitrogens is 2. The summed E-state index contributed by atoms with van der Waals surface area (Å²) in [6, 6.07) is 15.0. The predicted octanol–water partition coefficient (Wildman–Crippen LogP) is 4.28. The summed E-state index contributed by atoms with van der Waals surface area (Å²) in [6.45, 7) is 6.46. The second kappa shape index (κ2) is 10.7. The quantitative estimate of drug-likeness (QED) is 0.484. The molecular formula is C31H38N4O3S. The molecule has 0 aliphatic carbocycles. The van der Waals surface area contributed by atoms with Crippen LogP contribution in [0.3, 0.4) is 0 Å². The molecule has 8 heteroatoms. The summed E-state index contributed by atoms with van der Waals surface area (Å²) in [4.78, 5) is 6.74. The zero-order valence-corrected chi connectivity index (χ0v) is 23.6. The Bertz CT molecular complexity index is 1480. The molecule has 0 bridgehead atoms. The van der Waals surface area contributed by atoms with Gasteiger partial charge in [-0.1, -0.05) is 61.0 Å². The third-order valence-corrected chi connectivity index (χ3v) is 10.9. The third kappa shape index (κ3) is 4.67. The summed E-state index contributed by atoms with van der Waals surface area (Å²) < 4.78 is 31.5. The maximum absolute atomic E-state index is 14.0. The van der Waals surface area contributed by atoms with E-state index in [2.05, 4.69) is 66.2 Å². The maximum atomic E-state index is 14.0. The minimum Gasteiger partial charge on any atom is -0.395 e. The molecule has 0 radical (unpaired) electrons. The van der Waals surface area contributed by atoms with Crippen LogP contribution in [0.25, 0.3) is 11.1 Å². The molecule has 1 fully saturated rings. The summed E-state index contributed by atoms with van der Waals surface area (Å²) >= 11 is 0. The predicted molar refractivity (Wildman–Crippen MR) is 153 cm³/mol. The van der Waals surface area contributed by atoms with Gasteiger partial charge in [-0.15, -0.1) is 0 Å². The molecule has 4 heterocycles. The van der Waals surface area contributed by atoms with E-state index in [1.807, 2.05) is 16.7 Å². The van der Waals surface area contributed by atoms with Gasteiger partial charge in [0.25, 0.3) is 10.0 Å². The van der Waals surface area contributed by atoms with Crippen LogP contribution in [0.5, 0.6) is 0 Å². The van der Waals surface area contributed by atoms with Crippen molar-refractivity contribution in [1.29, 1.82) is 0 Å².